The molecule has 2 fully saturated rings. The number of rotatable bonds is 5. The van der Waals surface area contributed by atoms with E-state index in [1.807, 2.05) is 19.1 Å². The summed E-state index contributed by atoms with van der Waals surface area (Å²) in [6.45, 7) is 4.48. The van der Waals surface area contributed by atoms with Crippen molar-refractivity contribution in [2.24, 2.45) is 0 Å². The summed E-state index contributed by atoms with van der Waals surface area (Å²) in [5, 5.41) is 13.5. The largest absolute Gasteiger partial charge is 0.465 e. The SMILES string of the molecule is Cc1ccc(C(CNC(=O)C2(O)CCSCC2)N2CCCC2)o1. The first-order valence-electron chi connectivity index (χ1n) is 8.47. The fraction of sp³-hybridized carbons (Fsp3) is 0.706. The van der Waals surface area contributed by atoms with E-state index in [2.05, 4.69) is 10.2 Å². The molecular formula is C17H26N2O3S. The Morgan fingerprint density at radius 3 is 2.70 bits per heavy atom. The molecule has 1 aromatic heterocycles. The van der Waals surface area contributed by atoms with Crippen LogP contribution in [0, 0.1) is 6.92 Å². The molecule has 5 nitrogen and oxygen atoms in total. The molecule has 128 valence electrons. The lowest BCUT2D eigenvalue weighted by atomic mass is 9.95. The zero-order valence-electron chi connectivity index (χ0n) is 13.7. The zero-order chi connectivity index (χ0) is 16.3. The second-order valence-corrected chi connectivity index (χ2v) is 7.79. The molecule has 3 heterocycles. The third-order valence-corrected chi connectivity index (χ3v) is 5.86. The molecule has 23 heavy (non-hydrogen) atoms. The minimum Gasteiger partial charge on any atom is -0.465 e. The van der Waals surface area contributed by atoms with Crippen LogP contribution in [0.1, 0.15) is 43.2 Å². The summed E-state index contributed by atoms with van der Waals surface area (Å²) in [4.78, 5) is 14.8. The van der Waals surface area contributed by atoms with Gasteiger partial charge in [0.1, 0.15) is 17.1 Å². The average molecular weight is 338 g/mol. The highest BCUT2D eigenvalue weighted by atomic mass is 32.2. The average Bonchev–Trinajstić information content (AvgIpc) is 3.20. The molecule has 1 amide bonds. The molecule has 0 aromatic carbocycles. The minimum absolute atomic E-state index is 0.0525. The number of hydrogen-bond donors (Lipinski definition) is 2. The number of nitrogens with one attached hydrogen (secondary N) is 1. The van der Waals surface area contributed by atoms with E-state index >= 15 is 0 Å². The van der Waals surface area contributed by atoms with Crippen LogP contribution in [0.15, 0.2) is 16.5 Å². The number of furan rings is 1. The minimum atomic E-state index is -1.19. The molecule has 0 aliphatic carbocycles. The molecule has 2 saturated heterocycles. The van der Waals surface area contributed by atoms with Gasteiger partial charge < -0.3 is 14.8 Å². The number of aliphatic hydroxyl groups is 1. The van der Waals surface area contributed by atoms with Crippen LogP contribution in [0.2, 0.25) is 0 Å². The first kappa shape index (κ1) is 16.9. The van der Waals surface area contributed by atoms with Gasteiger partial charge in [-0.25, -0.2) is 0 Å². The van der Waals surface area contributed by atoms with E-state index in [0.717, 1.165) is 36.1 Å². The Morgan fingerprint density at radius 1 is 1.39 bits per heavy atom. The van der Waals surface area contributed by atoms with Crippen LogP contribution >= 0.6 is 11.8 Å². The van der Waals surface area contributed by atoms with Gasteiger partial charge in [-0.3, -0.25) is 9.69 Å². The molecule has 1 aromatic rings. The van der Waals surface area contributed by atoms with Crippen molar-refractivity contribution in [1.29, 1.82) is 0 Å². The predicted octanol–water partition coefficient (Wildman–Crippen LogP) is 2.10. The first-order valence-corrected chi connectivity index (χ1v) is 9.63. The van der Waals surface area contributed by atoms with Gasteiger partial charge in [-0.1, -0.05) is 0 Å². The molecule has 2 aliphatic heterocycles. The maximum Gasteiger partial charge on any atom is 0.252 e. The number of amides is 1. The van der Waals surface area contributed by atoms with Crippen LogP contribution in [0.3, 0.4) is 0 Å². The fourth-order valence-electron chi connectivity index (χ4n) is 3.39. The van der Waals surface area contributed by atoms with Crippen molar-refractivity contribution in [1.82, 2.24) is 10.2 Å². The van der Waals surface area contributed by atoms with Gasteiger partial charge >= 0.3 is 0 Å². The quantitative estimate of drug-likeness (QED) is 0.861. The summed E-state index contributed by atoms with van der Waals surface area (Å²) in [5.41, 5.74) is -1.19. The zero-order valence-corrected chi connectivity index (χ0v) is 14.5. The Hall–Kier alpha value is -0.980. The molecule has 0 saturated carbocycles. The van der Waals surface area contributed by atoms with Crippen LogP contribution in [0.5, 0.6) is 0 Å². The third kappa shape index (κ3) is 3.92. The second kappa shape index (κ2) is 7.28. The molecule has 2 N–H and O–H groups in total. The number of likely N-dealkylation sites (tertiary alicyclic amines) is 1. The summed E-state index contributed by atoms with van der Waals surface area (Å²) in [7, 11) is 0. The Morgan fingerprint density at radius 2 is 2.09 bits per heavy atom. The van der Waals surface area contributed by atoms with Gasteiger partial charge in [0.15, 0.2) is 0 Å². The van der Waals surface area contributed by atoms with E-state index < -0.39 is 5.60 Å². The highest BCUT2D eigenvalue weighted by Gasteiger charge is 2.38. The second-order valence-electron chi connectivity index (χ2n) is 6.56. The van der Waals surface area contributed by atoms with E-state index in [4.69, 9.17) is 4.42 Å². The molecule has 0 radical (unpaired) electrons. The lowest BCUT2D eigenvalue weighted by Gasteiger charge is -2.32. The van der Waals surface area contributed by atoms with Gasteiger partial charge in [0.25, 0.3) is 5.91 Å². The van der Waals surface area contributed by atoms with Gasteiger partial charge in [0.2, 0.25) is 0 Å². The monoisotopic (exact) mass is 338 g/mol. The normalized spacial score (nSPS) is 22.9. The topological polar surface area (TPSA) is 65.7 Å². The van der Waals surface area contributed by atoms with Crippen LogP contribution in [0.4, 0.5) is 0 Å². The molecule has 1 unspecified atom stereocenters. The highest BCUT2D eigenvalue weighted by Crippen LogP contribution is 2.29. The van der Waals surface area contributed by atoms with E-state index in [1.54, 1.807) is 11.8 Å². The van der Waals surface area contributed by atoms with Gasteiger partial charge in [-0.15, -0.1) is 0 Å². The van der Waals surface area contributed by atoms with E-state index in [9.17, 15) is 9.90 Å². The van der Waals surface area contributed by atoms with Crippen LogP contribution in [-0.4, -0.2) is 52.7 Å². The molecule has 6 heteroatoms. The van der Waals surface area contributed by atoms with Crippen molar-refractivity contribution in [2.75, 3.05) is 31.1 Å². The molecule has 1 atom stereocenters. The van der Waals surface area contributed by atoms with Crippen molar-refractivity contribution in [2.45, 2.75) is 44.2 Å². The summed E-state index contributed by atoms with van der Waals surface area (Å²) in [5.74, 6) is 3.24. The Labute approximate surface area is 141 Å². The van der Waals surface area contributed by atoms with Crippen LogP contribution in [-0.2, 0) is 4.79 Å². The third-order valence-electron chi connectivity index (χ3n) is 4.87. The lowest BCUT2D eigenvalue weighted by Crippen LogP contribution is -2.50. The number of nitrogens with zero attached hydrogens (tertiary/aromatic N) is 1. The van der Waals surface area contributed by atoms with Gasteiger partial charge in [-0.2, -0.15) is 11.8 Å². The Kier molecular flexibility index (Phi) is 5.34. The summed E-state index contributed by atoms with van der Waals surface area (Å²) in [6.07, 6.45) is 3.45. The highest BCUT2D eigenvalue weighted by molar-refractivity contribution is 7.99. The van der Waals surface area contributed by atoms with Crippen molar-refractivity contribution >= 4 is 17.7 Å². The first-order chi connectivity index (χ1) is 11.1. The Bertz CT molecular complexity index is 534. The van der Waals surface area contributed by atoms with Crippen LogP contribution in [0.25, 0.3) is 0 Å². The molecule has 0 bridgehead atoms. The lowest BCUT2D eigenvalue weighted by molar-refractivity contribution is -0.140. The maximum absolute atomic E-state index is 12.5. The molecule has 0 spiro atoms. The molecule has 3 rings (SSSR count). The predicted molar refractivity (Wildman–Crippen MR) is 91.5 cm³/mol. The number of thioether (sulfide) groups is 1. The standard InChI is InChI=1S/C17H26N2O3S/c1-13-4-5-15(22-13)14(19-8-2-3-9-19)12-18-16(20)17(21)6-10-23-11-7-17/h4-5,14,21H,2-3,6-12H2,1H3,(H,18,20). The fourth-order valence-corrected chi connectivity index (χ4v) is 4.55. The van der Waals surface area contributed by atoms with Crippen molar-refractivity contribution in [3.63, 3.8) is 0 Å². The van der Waals surface area contributed by atoms with Gasteiger partial charge in [-0.05, 0) is 69.3 Å². The summed E-state index contributed by atoms with van der Waals surface area (Å²) < 4.78 is 5.80. The van der Waals surface area contributed by atoms with Crippen molar-refractivity contribution in [3.8, 4) is 0 Å². The summed E-state index contributed by atoms with van der Waals surface area (Å²) >= 11 is 1.80. The number of carbonyl (C=O) groups excluding carboxylic acids is 1. The number of carbonyl (C=O) groups is 1. The van der Waals surface area contributed by atoms with Gasteiger partial charge in [0, 0.05) is 6.54 Å². The number of aryl methyl sites for hydroxylation is 1. The maximum atomic E-state index is 12.5. The summed E-state index contributed by atoms with van der Waals surface area (Å²) in [6, 6.07) is 4.01. The van der Waals surface area contributed by atoms with Crippen molar-refractivity contribution < 1.29 is 14.3 Å². The number of hydrogen-bond acceptors (Lipinski definition) is 5. The van der Waals surface area contributed by atoms with E-state index in [0.29, 0.717) is 19.4 Å². The Balaban J connectivity index is 1.65. The molecule has 2 aliphatic rings. The molecular weight excluding hydrogens is 312 g/mol. The van der Waals surface area contributed by atoms with Gasteiger partial charge in [0.05, 0.1) is 6.04 Å². The van der Waals surface area contributed by atoms with E-state index in [-0.39, 0.29) is 11.9 Å². The smallest absolute Gasteiger partial charge is 0.252 e. The van der Waals surface area contributed by atoms with Crippen LogP contribution < -0.4 is 5.32 Å². The van der Waals surface area contributed by atoms with E-state index in [1.165, 1.54) is 12.8 Å². The van der Waals surface area contributed by atoms with Crippen molar-refractivity contribution in [3.05, 3.63) is 23.7 Å².